The molecule has 2 aliphatic heterocycles. The molecule has 0 unspecified atom stereocenters. The minimum Gasteiger partial charge on any atom is 0 e. The van der Waals surface area contributed by atoms with E-state index in [1.165, 1.54) is 60.8 Å². The number of halogens is 3. The normalized spacial score (nSPS) is 20.9. The molecule has 5 N–H and O–H groups in total. The predicted octanol–water partition coefficient (Wildman–Crippen LogP) is 2.39. The van der Waals surface area contributed by atoms with Crippen molar-refractivity contribution in [1.82, 2.24) is 16.0 Å². The van der Waals surface area contributed by atoms with E-state index in [1.54, 1.807) is 26.1 Å². The molecular weight excluding hydrogens is 1270 g/mol. The summed E-state index contributed by atoms with van der Waals surface area (Å²) in [6.07, 6.45) is -1.50. The molecule has 359 valence electrons. The maximum absolute atomic E-state index is 12.0. The Labute approximate surface area is 421 Å². The molecule has 22 nitrogen and oxygen atoms in total. The van der Waals surface area contributed by atoms with Crippen LogP contribution in [0.15, 0.2) is 23.7 Å². The number of nitrogens with two attached hydrogens (primary N) is 1. The molecular formula is C37H54I3N6O16V2. The van der Waals surface area contributed by atoms with Crippen molar-refractivity contribution in [1.29, 1.82) is 10.5 Å². The van der Waals surface area contributed by atoms with E-state index in [2.05, 4.69) is 85.4 Å². The molecule has 2 amide bonds. The SMILES string of the molecule is CC#N.CC[C@@H](OC(C)=O)[C@@H](OC(C)=O)[C@@H]1OC(C(=O)OC)=C[C@H](N)[C@H]1NC(C)=O.CC[C@@H](OC(C)=O)[C@@H](OC(C)=O)[C@@H]1OC(C(=O)OC)=C[C@H](NC#N)[C@H]1NC(C)=O.[I][V]([I])[I].[V]. The van der Waals surface area contributed by atoms with Crippen molar-refractivity contribution in [3.8, 4) is 12.3 Å². The van der Waals surface area contributed by atoms with E-state index in [9.17, 15) is 38.4 Å². The van der Waals surface area contributed by atoms with E-state index in [-0.39, 0.29) is 47.8 Å². The molecule has 0 bridgehead atoms. The first-order valence-corrected chi connectivity index (χ1v) is 32.1. The molecule has 0 aromatic heterocycles. The Kier molecular flexibility index (Phi) is 35.8. The summed E-state index contributed by atoms with van der Waals surface area (Å²) in [5, 5.41) is 24.1. The first-order chi connectivity index (χ1) is 29.4. The van der Waals surface area contributed by atoms with E-state index in [0.29, 0.717) is 0 Å². The number of ether oxygens (including phenoxy) is 8. The zero-order valence-electron chi connectivity index (χ0n) is 36.9. The third kappa shape index (κ3) is 25.6. The molecule has 0 saturated heterocycles. The molecule has 0 aromatic rings. The molecule has 1 radical (unpaired) electrons. The Hall–Kier alpha value is -3.06. The Balaban J connectivity index is -0.00000100. The van der Waals surface area contributed by atoms with Crippen molar-refractivity contribution in [3.63, 3.8) is 0 Å². The van der Waals surface area contributed by atoms with Crippen molar-refractivity contribution in [3.05, 3.63) is 23.7 Å². The van der Waals surface area contributed by atoms with Crippen LogP contribution in [0.3, 0.4) is 0 Å². The fourth-order valence-corrected chi connectivity index (χ4v) is 5.77. The molecule has 0 aromatic carbocycles. The number of carbonyl (C=O) groups is 8. The largest absolute Gasteiger partial charge is 0 e. The van der Waals surface area contributed by atoms with Gasteiger partial charge in [0.1, 0.15) is 12.2 Å². The van der Waals surface area contributed by atoms with Crippen LogP contribution in [0.1, 0.15) is 75.2 Å². The minimum absolute atomic E-state index is 0. The topological polar surface area (TPSA) is 320 Å². The van der Waals surface area contributed by atoms with E-state index in [0.717, 1.165) is 14.0 Å². The fourth-order valence-electron chi connectivity index (χ4n) is 5.77. The number of nitriles is 2. The van der Waals surface area contributed by atoms with Gasteiger partial charge in [0.25, 0.3) is 0 Å². The van der Waals surface area contributed by atoms with Crippen LogP contribution in [0.4, 0.5) is 0 Å². The Bertz CT molecular complexity index is 1730. The second-order valence-electron chi connectivity index (χ2n) is 12.7. The molecule has 0 saturated carbocycles. The predicted molar refractivity (Wildman–Crippen MR) is 242 cm³/mol. The molecule has 64 heavy (non-hydrogen) atoms. The molecule has 10 atom stereocenters. The van der Waals surface area contributed by atoms with Crippen LogP contribution in [0.5, 0.6) is 0 Å². The van der Waals surface area contributed by atoms with Crippen LogP contribution in [0.2, 0.25) is 0 Å². The number of nitrogens with one attached hydrogen (secondary N) is 3. The summed E-state index contributed by atoms with van der Waals surface area (Å²) < 4.78 is 41.9. The molecule has 27 heteroatoms. The minimum atomic E-state index is -1.19. The van der Waals surface area contributed by atoms with E-state index < -0.39 is 108 Å². The van der Waals surface area contributed by atoms with Crippen molar-refractivity contribution in [2.45, 2.75) is 136 Å². The third-order valence-electron chi connectivity index (χ3n) is 7.88. The first-order valence-electron chi connectivity index (χ1n) is 18.5. The van der Waals surface area contributed by atoms with Gasteiger partial charge in [-0.3, -0.25) is 28.8 Å². The summed E-state index contributed by atoms with van der Waals surface area (Å²) in [5.41, 5.74) is 6.08. The van der Waals surface area contributed by atoms with Crippen LogP contribution in [-0.2, 0) is 99.7 Å². The van der Waals surface area contributed by atoms with Crippen molar-refractivity contribution in [2.75, 3.05) is 14.2 Å². The number of methoxy groups -OCH3 is 2. The van der Waals surface area contributed by atoms with Gasteiger partial charge in [-0.25, -0.2) is 9.59 Å². The summed E-state index contributed by atoms with van der Waals surface area (Å²) in [7, 11) is 2.32. The van der Waals surface area contributed by atoms with Gasteiger partial charge in [-0.15, -0.1) is 0 Å². The molecule has 2 heterocycles. The van der Waals surface area contributed by atoms with E-state index in [1.807, 2.05) is 0 Å². The maximum atomic E-state index is 12.0. The summed E-state index contributed by atoms with van der Waals surface area (Å²) in [6, 6.07) is -1.75. The fraction of sp³-hybridized carbons (Fsp3) is 0.622. The number of hydrogen-bond acceptors (Lipinski definition) is 20. The Morgan fingerprint density at radius 2 is 1.03 bits per heavy atom. The van der Waals surface area contributed by atoms with Gasteiger partial charge in [-0.2, -0.15) is 10.5 Å². The molecule has 0 fully saturated rings. The standard InChI is InChI=1S/C18H25N3O8.C17H26N2O8.C2H3N.3HI.2V/c1-6-13(27-10(3)23)16(28-11(4)24)17-15(21-9(2)22)12(20-8-19)7-14(29-17)18(25)26-5;1-6-12(25-9(3)21)15(26-10(4)22)16-14(19-8(2)20)11(18)7-13(27-16)17(23)24-5;1-2-3;;;;;/h7,12-13,15-17,20H,6H2,1-5H3,(H,21,22);7,11-12,14-16H,6,18H2,1-5H3,(H,19,20);1H3;3*1H;;/q;;;;;;;+3/p-3/t12-,13+,15+,16+,17+;11-,12+,14+,15+,16+;;;;;;/m00....../s1. The van der Waals surface area contributed by atoms with Crippen LogP contribution in [-0.4, -0.2) is 123 Å². The molecule has 2 aliphatic rings. The van der Waals surface area contributed by atoms with Crippen LogP contribution < -0.4 is 21.7 Å². The van der Waals surface area contributed by atoms with E-state index in [4.69, 9.17) is 44.7 Å². The number of carbonyl (C=O) groups excluding carboxylic acids is 8. The molecule has 0 aliphatic carbocycles. The zero-order valence-corrected chi connectivity index (χ0v) is 46.1. The van der Waals surface area contributed by atoms with Crippen LogP contribution in [0, 0.1) is 22.8 Å². The number of hydrogen-bond donors (Lipinski definition) is 4. The first kappa shape index (κ1) is 65.2. The molecule has 0 spiro atoms. The Morgan fingerprint density at radius 1 is 0.703 bits per heavy atom. The van der Waals surface area contributed by atoms with Crippen molar-refractivity contribution < 1.29 is 99.7 Å². The van der Waals surface area contributed by atoms with Gasteiger partial charge in [0.05, 0.1) is 44.5 Å². The number of nitrogens with zero attached hydrogens (tertiary/aromatic N) is 2. The Morgan fingerprint density at radius 3 is 1.33 bits per heavy atom. The van der Waals surface area contributed by atoms with Gasteiger partial charge in [0, 0.05) is 67.0 Å². The average Bonchev–Trinajstić information content (AvgIpc) is 3.17. The van der Waals surface area contributed by atoms with Gasteiger partial charge in [-0.05, 0) is 25.0 Å². The van der Waals surface area contributed by atoms with Crippen molar-refractivity contribution in [2.24, 2.45) is 5.73 Å². The number of amides is 2. The zero-order chi connectivity index (χ0) is 49.1. The second-order valence-corrected chi connectivity index (χ2v) is 48.1. The summed E-state index contributed by atoms with van der Waals surface area (Å²) >= 11 is 7.39. The van der Waals surface area contributed by atoms with Gasteiger partial charge in [0.2, 0.25) is 23.3 Å². The van der Waals surface area contributed by atoms with Gasteiger partial charge < -0.3 is 59.6 Å². The number of esters is 6. The maximum Gasteiger partial charge on any atom is 0 e. The second kappa shape index (κ2) is 35.2. The monoisotopic (exact) mass is 1320 g/mol. The quantitative estimate of drug-likeness (QED) is 0.0601. The summed E-state index contributed by atoms with van der Waals surface area (Å²) in [5.74, 6) is -5.44. The van der Waals surface area contributed by atoms with Gasteiger partial charge in [0.15, 0.2) is 30.6 Å². The van der Waals surface area contributed by atoms with Gasteiger partial charge in [-0.1, -0.05) is 13.8 Å². The summed E-state index contributed by atoms with van der Waals surface area (Å²) in [6.45, 7) is 12.1. The van der Waals surface area contributed by atoms with Crippen molar-refractivity contribution >= 4 is 108 Å². The molecule has 2 rings (SSSR count). The summed E-state index contributed by atoms with van der Waals surface area (Å²) in [4.78, 5) is 93.4. The smallest absolute Gasteiger partial charge is 0 e. The van der Waals surface area contributed by atoms with Gasteiger partial charge >= 0.3 is 101 Å². The number of rotatable bonds is 15. The third-order valence-corrected chi connectivity index (χ3v) is 7.88. The average molecular weight is 1320 g/mol. The van der Waals surface area contributed by atoms with Crippen LogP contribution in [0.25, 0.3) is 0 Å². The van der Waals surface area contributed by atoms with Crippen LogP contribution >= 0.6 is 59.9 Å². The van der Waals surface area contributed by atoms with E-state index >= 15 is 0 Å².